The molecule has 122 valence electrons. The van der Waals surface area contributed by atoms with E-state index >= 15 is 0 Å². The molecule has 0 aromatic heterocycles. The highest BCUT2D eigenvalue weighted by Gasteiger charge is 2.33. The van der Waals surface area contributed by atoms with Crippen LogP contribution in [0.25, 0.3) is 0 Å². The van der Waals surface area contributed by atoms with Crippen molar-refractivity contribution in [3.05, 3.63) is 65.7 Å². The summed E-state index contributed by atoms with van der Waals surface area (Å²) in [6.07, 6.45) is 0.129. The molecule has 0 amide bonds. The molecule has 0 N–H and O–H groups in total. The van der Waals surface area contributed by atoms with E-state index in [-0.39, 0.29) is 12.2 Å². The quantitative estimate of drug-likeness (QED) is 0.667. The van der Waals surface area contributed by atoms with Crippen molar-refractivity contribution in [3.63, 3.8) is 0 Å². The fourth-order valence-corrected chi connectivity index (χ4v) is 2.33. The third kappa shape index (κ3) is 5.06. The molecule has 1 saturated heterocycles. The van der Waals surface area contributed by atoms with Crippen molar-refractivity contribution in [2.24, 2.45) is 0 Å². The number of hydrogen-bond donors (Lipinski definition) is 0. The van der Waals surface area contributed by atoms with E-state index in [1.54, 1.807) is 7.11 Å². The van der Waals surface area contributed by atoms with Gasteiger partial charge in [0, 0.05) is 0 Å². The second-order valence-electron chi connectivity index (χ2n) is 5.57. The lowest BCUT2D eigenvalue weighted by molar-refractivity contribution is -0.0417. The molecule has 0 aliphatic carbocycles. The molecule has 0 unspecified atom stereocenters. The van der Waals surface area contributed by atoms with E-state index in [4.69, 9.17) is 18.9 Å². The first-order valence-corrected chi connectivity index (χ1v) is 7.83. The number of rotatable bonds is 9. The maximum absolute atomic E-state index is 5.97. The first-order chi connectivity index (χ1) is 11.3. The van der Waals surface area contributed by atoms with Crippen LogP contribution in [0.1, 0.15) is 11.1 Å². The lowest BCUT2D eigenvalue weighted by atomic mass is 10.2. The Hall–Kier alpha value is -1.88. The number of ether oxygens (including phenoxy) is 4. The molecule has 2 atom stereocenters. The second kappa shape index (κ2) is 8.11. The van der Waals surface area contributed by atoms with E-state index in [0.29, 0.717) is 19.8 Å². The Morgan fingerprint density at radius 3 is 2.35 bits per heavy atom. The van der Waals surface area contributed by atoms with Crippen LogP contribution in [0.2, 0.25) is 0 Å². The zero-order chi connectivity index (χ0) is 15.9. The minimum absolute atomic E-state index is 0.0270. The van der Waals surface area contributed by atoms with Gasteiger partial charge < -0.3 is 18.9 Å². The molecule has 3 rings (SSSR count). The van der Waals surface area contributed by atoms with Gasteiger partial charge in [-0.15, -0.1) is 0 Å². The van der Waals surface area contributed by atoms with Crippen molar-refractivity contribution < 1.29 is 18.9 Å². The van der Waals surface area contributed by atoms with Crippen LogP contribution in [0.5, 0.6) is 5.75 Å². The van der Waals surface area contributed by atoms with E-state index in [2.05, 4.69) is 12.1 Å². The average molecular weight is 314 g/mol. The summed E-state index contributed by atoms with van der Waals surface area (Å²) < 4.78 is 22.3. The first-order valence-electron chi connectivity index (χ1n) is 7.83. The maximum atomic E-state index is 5.97. The number of methoxy groups -OCH3 is 1. The molecule has 0 saturated carbocycles. The van der Waals surface area contributed by atoms with Crippen LogP contribution in [0.4, 0.5) is 0 Å². The topological polar surface area (TPSA) is 40.2 Å². The fraction of sp³-hybridized carbons (Fsp3) is 0.368. The molecule has 4 nitrogen and oxygen atoms in total. The minimum Gasteiger partial charge on any atom is -0.497 e. The van der Waals surface area contributed by atoms with Crippen molar-refractivity contribution in [2.75, 3.05) is 20.3 Å². The fourth-order valence-electron chi connectivity index (χ4n) is 2.33. The van der Waals surface area contributed by atoms with Crippen molar-refractivity contribution in [1.82, 2.24) is 0 Å². The second-order valence-corrected chi connectivity index (χ2v) is 5.57. The van der Waals surface area contributed by atoms with Crippen LogP contribution in [0, 0.1) is 0 Å². The number of benzene rings is 2. The summed E-state index contributed by atoms with van der Waals surface area (Å²) in [6.45, 7) is 2.43. The summed E-state index contributed by atoms with van der Waals surface area (Å²) in [5.41, 5.74) is 2.28. The summed E-state index contributed by atoms with van der Waals surface area (Å²) in [6, 6.07) is 18.0. The molecule has 2 aromatic carbocycles. The van der Waals surface area contributed by atoms with Crippen LogP contribution < -0.4 is 4.74 Å². The van der Waals surface area contributed by atoms with Gasteiger partial charge in [0.25, 0.3) is 0 Å². The first kappa shape index (κ1) is 16.0. The SMILES string of the molecule is COc1ccc(CO[C@H](COCc2ccccc2)[C@@H]2CO2)cc1. The maximum Gasteiger partial charge on any atom is 0.118 e. The molecule has 0 bridgehead atoms. The van der Waals surface area contributed by atoms with Gasteiger partial charge in [0.1, 0.15) is 18.0 Å². The van der Waals surface area contributed by atoms with Gasteiger partial charge in [0.2, 0.25) is 0 Å². The third-order valence-electron chi connectivity index (χ3n) is 3.79. The smallest absolute Gasteiger partial charge is 0.118 e. The Bertz CT molecular complexity index is 578. The largest absolute Gasteiger partial charge is 0.497 e. The Balaban J connectivity index is 1.45. The molecule has 1 aliphatic heterocycles. The van der Waals surface area contributed by atoms with Crippen LogP contribution in [0.15, 0.2) is 54.6 Å². The van der Waals surface area contributed by atoms with Gasteiger partial charge in [0.15, 0.2) is 0 Å². The third-order valence-corrected chi connectivity index (χ3v) is 3.79. The molecule has 0 radical (unpaired) electrons. The number of epoxide rings is 1. The number of hydrogen-bond acceptors (Lipinski definition) is 4. The highest BCUT2D eigenvalue weighted by molar-refractivity contribution is 5.26. The van der Waals surface area contributed by atoms with Crippen LogP contribution >= 0.6 is 0 Å². The summed E-state index contributed by atoms with van der Waals surface area (Å²) in [5.74, 6) is 0.849. The van der Waals surface area contributed by atoms with E-state index in [1.165, 1.54) is 0 Å². The van der Waals surface area contributed by atoms with Crippen LogP contribution in [-0.4, -0.2) is 32.5 Å². The van der Waals surface area contributed by atoms with Crippen molar-refractivity contribution in [3.8, 4) is 5.75 Å². The molecule has 2 aromatic rings. The van der Waals surface area contributed by atoms with E-state index < -0.39 is 0 Å². The predicted octanol–water partition coefficient (Wildman–Crippen LogP) is 3.20. The van der Waals surface area contributed by atoms with Gasteiger partial charge in [-0.2, -0.15) is 0 Å². The highest BCUT2D eigenvalue weighted by atomic mass is 16.6. The van der Waals surface area contributed by atoms with Gasteiger partial charge >= 0.3 is 0 Å². The molecular formula is C19H22O4. The van der Waals surface area contributed by atoms with Gasteiger partial charge in [0.05, 0.1) is 33.5 Å². The van der Waals surface area contributed by atoms with Crippen LogP contribution in [0.3, 0.4) is 0 Å². The lowest BCUT2D eigenvalue weighted by Crippen LogP contribution is -2.25. The van der Waals surface area contributed by atoms with Gasteiger partial charge in [-0.05, 0) is 23.3 Å². The monoisotopic (exact) mass is 314 g/mol. The lowest BCUT2D eigenvalue weighted by Gasteiger charge is -2.16. The molecule has 1 heterocycles. The van der Waals surface area contributed by atoms with Crippen molar-refractivity contribution >= 4 is 0 Å². The van der Waals surface area contributed by atoms with Crippen molar-refractivity contribution in [2.45, 2.75) is 25.4 Å². The van der Waals surface area contributed by atoms with Gasteiger partial charge in [-0.1, -0.05) is 42.5 Å². The van der Waals surface area contributed by atoms with E-state index in [1.807, 2.05) is 42.5 Å². The normalized spacial score (nSPS) is 17.7. The molecule has 0 spiro atoms. The highest BCUT2D eigenvalue weighted by Crippen LogP contribution is 2.20. The summed E-state index contributed by atoms with van der Waals surface area (Å²) in [7, 11) is 1.66. The minimum atomic E-state index is -0.0270. The summed E-state index contributed by atoms with van der Waals surface area (Å²) >= 11 is 0. The van der Waals surface area contributed by atoms with Gasteiger partial charge in [-0.25, -0.2) is 0 Å². The summed E-state index contributed by atoms with van der Waals surface area (Å²) in [4.78, 5) is 0. The zero-order valence-corrected chi connectivity index (χ0v) is 13.3. The Morgan fingerprint density at radius 2 is 1.70 bits per heavy atom. The molecule has 4 heteroatoms. The summed E-state index contributed by atoms with van der Waals surface area (Å²) in [5, 5.41) is 0. The van der Waals surface area contributed by atoms with E-state index in [0.717, 1.165) is 23.5 Å². The molecule has 1 fully saturated rings. The standard InChI is InChI=1S/C19H22O4/c1-20-17-9-7-16(8-10-17)12-22-18(19-14-23-19)13-21-11-15-5-3-2-4-6-15/h2-10,18-19H,11-14H2,1H3/t18-,19+/m1/s1. The Kier molecular flexibility index (Phi) is 5.64. The molecular weight excluding hydrogens is 292 g/mol. The zero-order valence-electron chi connectivity index (χ0n) is 13.3. The average Bonchev–Trinajstić information content (AvgIpc) is 3.44. The molecule has 23 heavy (non-hydrogen) atoms. The van der Waals surface area contributed by atoms with E-state index in [9.17, 15) is 0 Å². The van der Waals surface area contributed by atoms with Crippen LogP contribution in [-0.2, 0) is 27.4 Å². The predicted molar refractivity (Wildman–Crippen MR) is 87.4 cm³/mol. The molecule has 1 aliphatic rings. The van der Waals surface area contributed by atoms with Crippen molar-refractivity contribution in [1.29, 1.82) is 0 Å². The Morgan fingerprint density at radius 1 is 1.00 bits per heavy atom. The Labute approximate surface area is 136 Å². The van der Waals surface area contributed by atoms with Gasteiger partial charge in [-0.3, -0.25) is 0 Å².